The van der Waals surface area contributed by atoms with Gasteiger partial charge in [-0.3, -0.25) is 14.6 Å². The number of hydrogen-bond acceptors (Lipinski definition) is 4. The van der Waals surface area contributed by atoms with Crippen LogP contribution >= 0.6 is 0 Å². The monoisotopic (exact) mass is 342 g/mol. The van der Waals surface area contributed by atoms with Gasteiger partial charge in [0.2, 0.25) is 0 Å². The fourth-order valence-corrected chi connectivity index (χ4v) is 2.47. The number of carboxylic acid groups (broad SMARTS) is 1. The van der Waals surface area contributed by atoms with Gasteiger partial charge in [-0.25, -0.2) is 0 Å². The summed E-state index contributed by atoms with van der Waals surface area (Å²) in [6.45, 7) is 3.89. The minimum absolute atomic E-state index is 0.0878. The molecule has 0 saturated carbocycles. The quantitative estimate of drug-likeness (QED) is 0.836. The van der Waals surface area contributed by atoms with Gasteiger partial charge in [-0.05, 0) is 37.6 Å². The van der Waals surface area contributed by atoms with Gasteiger partial charge in [-0.1, -0.05) is 12.1 Å². The van der Waals surface area contributed by atoms with E-state index in [0.29, 0.717) is 5.56 Å². The zero-order valence-corrected chi connectivity index (χ0v) is 14.6. The molecule has 1 heterocycles. The van der Waals surface area contributed by atoms with E-state index in [1.54, 1.807) is 24.3 Å². The molecule has 0 aliphatic heterocycles. The molecular weight excluding hydrogens is 320 g/mol. The highest BCUT2D eigenvalue weighted by Crippen LogP contribution is 2.23. The number of ether oxygens (including phenoxy) is 1. The highest BCUT2D eigenvalue weighted by molar-refractivity contribution is 5.95. The molecule has 1 N–H and O–H groups in total. The van der Waals surface area contributed by atoms with Crippen LogP contribution in [0.5, 0.6) is 5.75 Å². The van der Waals surface area contributed by atoms with E-state index in [1.807, 2.05) is 38.1 Å². The number of benzene rings is 1. The van der Waals surface area contributed by atoms with E-state index < -0.39 is 5.97 Å². The Morgan fingerprint density at radius 3 is 2.40 bits per heavy atom. The van der Waals surface area contributed by atoms with Crippen molar-refractivity contribution < 1.29 is 19.4 Å². The topological polar surface area (TPSA) is 79.7 Å². The van der Waals surface area contributed by atoms with Crippen LogP contribution in [-0.2, 0) is 4.79 Å². The average Bonchev–Trinajstić information content (AvgIpc) is 2.61. The second-order valence-corrected chi connectivity index (χ2v) is 5.93. The number of amides is 1. The Morgan fingerprint density at radius 1 is 1.16 bits per heavy atom. The minimum atomic E-state index is -0.927. The summed E-state index contributed by atoms with van der Waals surface area (Å²) in [5.74, 6) is -0.397. The molecule has 0 spiro atoms. The first-order valence-corrected chi connectivity index (χ1v) is 8.04. The second kappa shape index (κ2) is 8.28. The molecule has 1 amide bonds. The van der Waals surface area contributed by atoms with Gasteiger partial charge in [-0.2, -0.15) is 0 Å². The molecular formula is C19H22N2O4. The maximum atomic E-state index is 12.8. The Labute approximate surface area is 147 Å². The van der Waals surface area contributed by atoms with Crippen LogP contribution in [0.25, 0.3) is 11.1 Å². The summed E-state index contributed by atoms with van der Waals surface area (Å²) in [5, 5.41) is 8.87. The van der Waals surface area contributed by atoms with E-state index in [2.05, 4.69) is 4.98 Å². The molecule has 6 nitrogen and oxygen atoms in total. The first-order valence-electron chi connectivity index (χ1n) is 8.04. The Balaban J connectivity index is 2.25. The lowest BCUT2D eigenvalue weighted by atomic mass is 10.1. The van der Waals surface area contributed by atoms with Gasteiger partial charge in [0.05, 0.1) is 19.1 Å². The molecule has 0 aliphatic rings. The maximum absolute atomic E-state index is 12.8. The van der Waals surface area contributed by atoms with E-state index in [9.17, 15) is 9.59 Å². The van der Waals surface area contributed by atoms with Crippen molar-refractivity contribution in [3.63, 3.8) is 0 Å². The average molecular weight is 342 g/mol. The molecule has 0 saturated heterocycles. The summed E-state index contributed by atoms with van der Waals surface area (Å²) in [6, 6.07) is 9.15. The Morgan fingerprint density at radius 2 is 1.84 bits per heavy atom. The molecule has 0 atom stereocenters. The molecule has 2 aromatic rings. The van der Waals surface area contributed by atoms with Crippen molar-refractivity contribution in [1.29, 1.82) is 0 Å². The van der Waals surface area contributed by atoms with Gasteiger partial charge in [0, 0.05) is 30.5 Å². The van der Waals surface area contributed by atoms with Crippen LogP contribution in [0.3, 0.4) is 0 Å². The van der Waals surface area contributed by atoms with Crippen molar-refractivity contribution in [3.05, 3.63) is 48.3 Å². The molecule has 0 aliphatic carbocycles. The highest BCUT2D eigenvalue weighted by atomic mass is 16.5. The van der Waals surface area contributed by atoms with Crippen molar-refractivity contribution in [3.8, 4) is 16.9 Å². The van der Waals surface area contributed by atoms with Crippen LogP contribution < -0.4 is 4.74 Å². The normalized spacial score (nSPS) is 10.6. The predicted octanol–water partition coefficient (Wildman–Crippen LogP) is 3.08. The van der Waals surface area contributed by atoms with Gasteiger partial charge >= 0.3 is 5.97 Å². The summed E-state index contributed by atoms with van der Waals surface area (Å²) in [4.78, 5) is 29.3. The van der Waals surface area contributed by atoms with E-state index >= 15 is 0 Å². The maximum Gasteiger partial charge on any atom is 0.305 e. The van der Waals surface area contributed by atoms with Crippen LogP contribution in [0.2, 0.25) is 0 Å². The van der Waals surface area contributed by atoms with Crippen LogP contribution in [0.4, 0.5) is 0 Å². The Bertz CT molecular complexity index is 741. The van der Waals surface area contributed by atoms with Crippen LogP contribution in [0.15, 0.2) is 42.7 Å². The van der Waals surface area contributed by atoms with Crippen molar-refractivity contribution in [2.75, 3.05) is 13.7 Å². The van der Waals surface area contributed by atoms with E-state index in [1.165, 1.54) is 6.20 Å². The van der Waals surface area contributed by atoms with Gasteiger partial charge in [0.1, 0.15) is 5.75 Å². The van der Waals surface area contributed by atoms with Crippen LogP contribution in [-0.4, -0.2) is 46.6 Å². The van der Waals surface area contributed by atoms with Crippen molar-refractivity contribution in [2.24, 2.45) is 0 Å². The zero-order chi connectivity index (χ0) is 18.4. The number of carbonyl (C=O) groups excluding carboxylic acids is 1. The third-order valence-electron chi connectivity index (χ3n) is 3.86. The number of carboxylic acids is 1. The fraction of sp³-hybridized carbons (Fsp3) is 0.316. The number of hydrogen-bond donors (Lipinski definition) is 1. The molecule has 0 unspecified atom stereocenters. The Hall–Kier alpha value is -2.89. The molecule has 1 aromatic carbocycles. The molecule has 0 fully saturated rings. The van der Waals surface area contributed by atoms with Gasteiger partial charge in [0.15, 0.2) is 0 Å². The Kier molecular flexibility index (Phi) is 6.11. The summed E-state index contributed by atoms with van der Waals surface area (Å²) in [5.41, 5.74) is 2.17. The van der Waals surface area contributed by atoms with Crippen molar-refractivity contribution >= 4 is 11.9 Å². The SMILES string of the molecule is COc1ccc(-c2cncc(C(=O)N(CCC(=O)O)C(C)C)c2)cc1. The first-order chi connectivity index (χ1) is 11.9. The van der Waals surface area contributed by atoms with E-state index in [0.717, 1.165) is 16.9 Å². The first kappa shape index (κ1) is 18.4. The molecule has 0 radical (unpaired) electrons. The molecule has 0 bridgehead atoms. The number of pyridine rings is 1. The second-order valence-electron chi connectivity index (χ2n) is 5.93. The van der Waals surface area contributed by atoms with E-state index in [4.69, 9.17) is 9.84 Å². The standard InChI is InChI=1S/C19H22N2O4/c1-13(2)21(9-8-18(22)23)19(24)16-10-15(11-20-12-16)14-4-6-17(25-3)7-5-14/h4-7,10-13H,8-9H2,1-3H3,(H,22,23). The molecule has 132 valence electrons. The highest BCUT2D eigenvalue weighted by Gasteiger charge is 2.20. The third-order valence-corrected chi connectivity index (χ3v) is 3.86. The van der Waals surface area contributed by atoms with Gasteiger partial charge in [-0.15, -0.1) is 0 Å². The lowest BCUT2D eigenvalue weighted by Gasteiger charge is -2.26. The van der Waals surface area contributed by atoms with Crippen molar-refractivity contribution in [1.82, 2.24) is 9.88 Å². The van der Waals surface area contributed by atoms with Crippen molar-refractivity contribution in [2.45, 2.75) is 26.3 Å². The lowest BCUT2D eigenvalue weighted by Crippen LogP contribution is -2.38. The van der Waals surface area contributed by atoms with E-state index in [-0.39, 0.29) is 24.9 Å². The largest absolute Gasteiger partial charge is 0.497 e. The number of nitrogens with zero attached hydrogens (tertiary/aromatic N) is 2. The third kappa shape index (κ3) is 4.79. The predicted molar refractivity (Wildman–Crippen MR) is 94.7 cm³/mol. The van der Waals surface area contributed by atoms with Gasteiger partial charge in [0.25, 0.3) is 5.91 Å². The van der Waals surface area contributed by atoms with Crippen LogP contribution in [0.1, 0.15) is 30.6 Å². The van der Waals surface area contributed by atoms with Crippen LogP contribution in [0, 0.1) is 0 Å². The number of methoxy groups -OCH3 is 1. The fourth-order valence-electron chi connectivity index (χ4n) is 2.47. The number of aromatic nitrogens is 1. The lowest BCUT2D eigenvalue weighted by molar-refractivity contribution is -0.137. The summed E-state index contributed by atoms with van der Waals surface area (Å²) in [7, 11) is 1.60. The smallest absolute Gasteiger partial charge is 0.305 e. The summed E-state index contributed by atoms with van der Waals surface area (Å²) < 4.78 is 5.15. The summed E-state index contributed by atoms with van der Waals surface area (Å²) in [6.07, 6.45) is 3.11. The number of aliphatic carboxylic acids is 1. The van der Waals surface area contributed by atoms with Gasteiger partial charge < -0.3 is 14.7 Å². The zero-order valence-electron chi connectivity index (χ0n) is 14.6. The molecule has 6 heteroatoms. The summed E-state index contributed by atoms with van der Waals surface area (Å²) >= 11 is 0. The molecule has 25 heavy (non-hydrogen) atoms. The minimum Gasteiger partial charge on any atom is -0.497 e. The molecule has 1 aromatic heterocycles. The number of carbonyl (C=O) groups is 2. The number of rotatable bonds is 7. The molecule has 2 rings (SSSR count).